The van der Waals surface area contributed by atoms with E-state index in [9.17, 15) is 13.2 Å². The fraction of sp³-hybridized carbons (Fsp3) is 0.214. The van der Waals surface area contributed by atoms with Crippen LogP contribution in [0.4, 0.5) is 5.69 Å². The molecule has 0 saturated carbocycles. The van der Waals surface area contributed by atoms with Crippen LogP contribution >= 0.6 is 11.3 Å². The number of aromatic carboxylic acids is 1. The van der Waals surface area contributed by atoms with Gasteiger partial charge in [-0.05, 0) is 43.2 Å². The fourth-order valence-corrected chi connectivity index (χ4v) is 4.47. The highest BCUT2D eigenvalue weighted by molar-refractivity contribution is 7.94. The predicted octanol–water partition coefficient (Wildman–Crippen LogP) is 2.89. The summed E-state index contributed by atoms with van der Waals surface area (Å²) in [5, 5.41) is 10.2. The normalized spacial score (nSPS) is 11.4. The van der Waals surface area contributed by atoms with E-state index in [1.54, 1.807) is 12.1 Å². The Morgan fingerprint density at radius 2 is 1.71 bits per heavy atom. The number of carboxylic acid groups (broad SMARTS) is 1. The number of nitrogens with zero attached hydrogens (tertiary/aromatic N) is 1. The number of thiophene rings is 1. The van der Waals surface area contributed by atoms with Gasteiger partial charge in [0.25, 0.3) is 10.0 Å². The first-order valence-corrected chi connectivity index (χ1v) is 8.43. The summed E-state index contributed by atoms with van der Waals surface area (Å²) in [6.07, 6.45) is 0. The van der Waals surface area contributed by atoms with Crippen molar-refractivity contribution in [2.24, 2.45) is 0 Å². The molecular formula is C14H15NO4S2. The maximum Gasteiger partial charge on any atom is 0.336 e. The molecule has 21 heavy (non-hydrogen) atoms. The Labute approximate surface area is 127 Å². The predicted molar refractivity (Wildman–Crippen MR) is 82.8 cm³/mol. The summed E-state index contributed by atoms with van der Waals surface area (Å²) in [7, 11) is -2.29. The van der Waals surface area contributed by atoms with E-state index in [0.29, 0.717) is 5.69 Å². The van der Waals surface area contributed by atoms with E-state index in [2.05, 4.69) is 0 Å². The molecule has 0 atom stereocenters. The van der Waals surface area contributed by atoms with Crippen LogP contribution < -0.4 is 4.31 Å². The Kier molecular flexibility index (Phi) is 4.06. The topological polar surface area (TPSA) is 74.7 Å². The van der Waals surface area contributed by atoms with E-state index in [0.717, 1.165) is 22.5 Å². The van der Waals surface area contributed by atoms with Crippen LogP contribution in [0.3, 0.4) is 0 Å². The second-order valence-electron chi connectivity index (χ2n) is 4.78. The Bertz CT molecular complexity index is 773. The molecule has 0 unspecified atom stereocenters. The Hall–Kier alpha value is -1.86. The number of sulfonamides is 1. The van der Waals surface area contributed by atoms with Crippen LogP contribution in [0.25, 0.3) is 0 Å². The third-order valence-corrected chi connectivity index (χ3v) is 6.21. The summed E-state index contributed by atoms with van der Waals surface area (Å²) in [6, 6.07) is 6.69. The summed E-state index contributed by atoms with van der Waals surface area (Å²) in [5.41, 5.74) is 2.46. The SMILES string of the molecule is Cc1cc(C)cc(N(C)S(=O)(=O)c2cc(C(=O)O)cs2)c1. The van der Waals surface area contributed by atoms with Crippen LogP contribution in [0, 0.1) is 13.8 Å². The van der Waals surface area contributed by atoms with Gasteiger partial charge in [-0.25, -0.2) is 13.2 Å². The Balaban J connectivity index is 2.44. The maximum atomic E-state index is 12.5. The quantitative estimate of drug-likeness (QED) is 0.938. The number of carboxylic acids is 1. The van der Waals surface area contributed by atoms with Gasteiger partial charge in [-0.3, -0.25) is 4.31 Å². The zero-order chi connectivity index (χ0) is 15.8. The van der Waals surface area contributed by atoms with Crippen molar-refractivity contribution in [2.45, 2.75) is 18.1 Å². The number of rotatable bonds is 4. The lowest BCUT2D eigenvalue weighted by Crippen LogP contribution is -2.26. The third kappa shape index (κ3) is 3.08. The lowest BCUT2D eigenvalue weighted by molar-refractivity contribution is 0.0697. The molecule has 1 aromatic heterocycles. The fourth-order valence-electron chi connectivity index (χ4n) is 1.97. The van der Waals surface area contributed by atoms with Crippen molar-refractivity contribution in [1.82, 2.24) is 0 Å². The lowest BCUT2D eigenvalue weighted by Gasteiger charge is -2.19. The van der Waals surface area contributed by atoms with Crippen LogP contribution in [0.2, 0.25) is 0 Å². The first kappa shape index (κ1) is 15.5. The molecule has 0 saturated heterocycles. The molecule has 2 rings (SSSR count). The molecule has 0 aliphatic heterocycles. The first-order valence-electron chi connectivity index (χ1n) is 6.11. The van der Waals surface area contributed by atoms with Gasteiger partial charge in [0.05, 0.1) is 11.3 Å². The second-order valence-corrected chi connectivity index (χ2v) is 7.89. The van der Waals surface area contributed by atoms with Crippen molar-refractivity contribution in [1.29, 1.82) is 0 Å². The van der Waals surface area contributed by atoms with Gasteiger partial charge < -0.3 is 5.11 Å². The molecule has 0 amide bonds. The summed E-state index contributed by atoms with van der Waals surface area (Å²) in [6.45, 7) is 3.79. The summed E-state index contributed by atoms with van der Waals surface area (Å²) in [5.74, 6) is -1.14. The number of carbonyl (C=O) groups is 1. The minimum absolute atomic E-state index is 0.0153. The zero-order valence-corrected chi connectivity index (χ0v) is 13.5. The molecule has 0 aliphatic carbocycles. The summed E-state index contributed by atoms with van der Waals surface area (Å²) >= 11 is 0.906. The zero-order valence-electron chi connectivity index (χ0n) is 11.8. The van der Waals surface area contributed by atoms with E-state index in [-0.39, 0.29) is 9.77 Å². The molecule has 2 aromatic rings. The van der Waals surface area contributed by atoms with E-state index in [1.807, 2.05) is 19.9 Å². The molecule has 0 spiro atoms. The molecule has 1 heterocycles. The highest BCUT2D eigenvalue weighted by Gasteiger charge is 2.24. The molecule has 1 N–H and O–H groups in total. The van der Waals surface area contributed by atoms with Crippen LogP contribution in [-0.2, 0) is 10.0 Å². The van der Waals surface area contributed by atoms with Crippen LogP contribution in [-0.4, -0.2) is 26.5 Å². The molecular weight excluding hydrogens is 310 g/mol. The van der Waals surface area contributed by atoms with Gasteiger partial charge in [0.2, 0.25) is 0 Å². The molecule has 7 heteroatoms. The van der Waals surface area contributed by atoms with Crippen molar-refractivity contribution in [3.63, 3.8) is 0 Å². The number of hydrogen-bond acceptors (Lipinski definition) is 4. The number of hydrogen-bond donors (Lipinski definition) is 1. The lowest BCUT2D eigenvalue weighted by atomic mass is 10.1. The van der Waals surface area contributed by atoms with Crippen molar-refractivity contribution in [3.05, 3.63) is 46.3 Å². The van der Waals surface area contributed by atoms with Crippen molar-refractivity contribution in [3.8, 4) is 0 Å². The van der Waals surface area contributed by atoms with Crippen LogP contribution in [0.5, 0.6) is 0 Å². The molecule has 0 radical (unpaired) electrons. The van der Waals surface area contributed by atoms with E-state index >= 15 is 0 Å². The van der Waals surface area contributed by atoms with Gasteiger partial charge in [0.15, 0.2) is 0 Å². The molecule has 0 bridgehead atoms. The molecule has 5 nitrogen and oxygen atoms in total. The van der Waals surface area contributed by atoms with Crippen LogP contribution in [0.15, 0.2) is 33.9 Å². The number of benzene rings is 1. The van der Waals surface area contributed by atoms with Crippen molar-refractivity contribution in [2.75, 3.05) is 11.4 Å². The highest BCUT2D eigenvalue weighted by Crippen LogP contribution is 2.28. The van der Waals surface area contributed by atoms with Crippen molar-refractivity contribution >= 4 is 33.0 Å². The Morgan fingerprint density at radius 3 is 2.19 bits per heavy atom. The minimum Gasteiger partial charge on any atom is -0.478 e. The van der Waals surface area contributed by atoms with Gasteiger partial charge in [-0.15, -0.1) is 11.3 Å². The van der Waals surface area contributed by atoms with Gasteiger partial charge in [0.1, 0.15) is 4.21 Å². The number of anilines is 1. The average Bonchev–Trinajstić information content (AvgIpc) is 2.86. The molecule has 1 aromatic carbocycles. The molecule has 0 fully saturated rings. The first-order chi connectivity index (χ1) is 9.71. The summed E-state index contributed by atoms with van der Waals surface area (Å²) in [4.78, 5) is 10.9. The van der Waals surface area contributed by atoms with Gasteiger partial charge in [-0.2, -0.15) is 0 Å². The average molecular weight is 325 g/mol. The van der Waals surface area contributed by atoms with Gasteiger partial charge in [0, 0.05) is 12.4 Å². The smallest absolute Gasteiger partial charge is 0.336 e. The summed E-state index contributed by atoms with van der Waals surface area (Å²) < 4.78 is 26.3. The molecule has 112 valence electrons. The van der Waals surface area contributed by atoms with Crippen LogP contribution in [0.1, 0.15) is 21.5 Å². The highest BCUT2D eigenvalue weighted by atomic mass is 32.2. The third-order valence-electron chi connectivity index (χ3n) is 3.01. The van der Waals surface area contributed by atoms with E-state index in [1.165, 1.54) is 22.8 Å². The Morgan fingerprint density at radius 1 is 1.14 bits per heavy atom. The van der Waals surface area contributed by atoms with E-state index < -0.39 is 16.0 Å². The van der Waals surface area contributed by atoms with Crippen molar-refractivity contribution < 1.29 is 18.3 Å². The standard InChI is InChI=1S/C14H15NO4S2/c1-9-4-10(2)6-12(5-9)15(3)21(18,19)13-7-11(8-20-13)14(16)17/h4-8H,1-3H3,(H,16,17). The maximum absolute atomic E-state index is 12.5. The number of aryl methyl sites for hydroxylation is 2. The monoisotopic (exact) mass is 325 g/mol. The van der Waals surface area contributed by atoms with E-state index in [4.69, 9.17) is 5.11 Å². The largest absolute Gasteiger partial charge is 0.478 e. The van der Waals surface area contributed by atoms with Gasteiger partial charge >= 0.3 is 5.97 Å². The minimum atomic E-state index is -3.75. The van der Waals surface area contributed by atoms with Gasteiger partial charge in [-0.1, -0.05) is 6.07 Å². The second kappa shape index (κ2) is 5.50. The molecule has 0 aliphatic rings.